The van der Waals surface area contributed by atoms with Crippen molar-refractivity contribution in [3.63, 3.8) is 0 Å². The SMILES string of the molecule is C[C@@H](NCl)C(F)(F)F. The summed E-state index contributed by atoms with van der Waals surface area (Å²) < 4.78 is 33.9. The average molecular weight is 148 g/mol. The Hall–Kier alpha value is 0.0400. The van der Waals surface area contributed by atoms with Crippen LogP contribution in [-0.4, -0.2) is 12.2 Å². The topological polar surface area (TPSA) is 12.0 Å². The predicted octanol–water partition coefficient (Wildman–Crippen LogP) is 1.68. The number of rotatable bonds is 1. The summed E-state index contributed by atoms with van der Waals surface area (Å²) in [5.41, 5.74) is 0. The maximum atomic E-state index is 11.3. The number of hydrogen-bond donors (Lipinski definition) is 1. The molecule has 0 aliphatic heterocycles. The second-order valence-electron chi connectivity index (χ2n) is 1.37. The largest absolute Gasteiger partial charge is 0.404 e. The van der Waals surface area contributed by atoms with Crippen molar-refractivity contribution in [2.45, 2.75) is 19.1 Å². The molecule has 0 spiro atoms. The van der Waals surface area contributed by atoms with E-state index in [-0.39, 0.29) is 0 Å². The minimum atomic E-state index is -4.23. The van der Waals surface area contributed by atoms with Crippen LogP contribution in [0, 0.1) is 0 Å². The molecule has 50 valence electrons. The van der Waals surface area contributed by atoms with Gasteiger partial charge in [-0.05, 0) is 18.7 Å². The highest BCUT2D eigenvalue weighted by Crippen LogP contribution is 2.19. The molecule has 0 aromatic carbocycles. The van der Waals surface area contributed by atoms with Crippen molar-refractivity contribution in [2.24, 2.45) is 0 Å². The lowest BCUT2D eigenvalue weighted by molar-refractivity contribution is -0.146. The van der Waals surface area contributed by atoms with E-state index < -0.39 is 12.2 Å². The molecule has 0 unspecified atom stereocenters. The lowest BCUT2D eigenvalue weighted by Crippen LogP contribution is -2.34. The van der Waals surface area contributed by atoms with Gasteiger partial charge in [-0.2, -0.15) is 13.2 Å². The van der Waals surface area contributed by atoms with Crippen LogP contribution in [0.5, 0.6) is 0 Å². The number of hydrogen-bond acceptors (Lipinski definition) is 1. The normalized spacial score (nSPS) is 16.1. The highest BCUT2D eigenvalue weighted by molar-refractivity contribution is 6.13. The Morgan fingerprint density at radius 1 is 1.50 bits per heavy atom. The third kappa shape index (κ3) is 2.37. The molecule has 1 nitrogen and oxygen atoms in total. The zero-order valence-electron chi connectivity index (χ0n) is 4.09. The van der Waals surface area contributed by atoms with E-state index in [0.717, 1.165) is 6.92 Å². The lowest BCUT2D eigenvalue weighted by atomic mass is 10.4. The summed E-state index contributed by atoms with van der Waals surface area (Å²) in [6.45, 7) is 0.938. The first kappa shape index (κ1) is 8.04. The molecule has 0 aromatic heterocycles. The molecule has 0 saturated carbocycles. The number of alkyl halides is 3. The van der Waals surface area contributed by atoms with Gasteiger partial charge >= 0.3 is 6.18 Å². The standard InChI is InChI=1S/C3H5ClF3N/c1-2(8-4)3(5,6)7/h2,8H,1H3/t2-/m1/s1. The third-order valence-corrected chi connectivity index (χ3v) is 0.982. The molecule has 0 heterocycles. The predicted molar refractivity (Wildman–Crippen MR) is 24.5 cm³/mol. The molecule has 0 rings (SSSR count). The summed E-state index contributed by atoms with van der Waals surface area (Å²) in [6.07, 6.45) is -4.23. The van der Waals surface area contributed by atoms with Crippen LogP contribution in [0.2, 0.25) is 0 Å². The van der Waals surface area contributed by atoms with Crippen molar-refractivity contribution in [1.29, 1.82) is 0 Å². The second kappa shape index (κ2) is 2.55. The van der Waals surface area contributed by atoms with Crippen molar-refractivity contribution in [1.82, 2.24) is 4.84 Å². The molecule has 0 bridgehead atoms. The van der Waals surface area contributed by atoms with Gasteiger partial charge in [-0.3, -0.25) is 0 Å². The highest BCUT2D eigenvalue weighted by Gasteiger charge is 2.35. The summed E-state index contributed by atoms with van der Waals surface area (Å²) in [7, 11) is 0. The van der Waals surface area contributed by atoms with Crippen LogP contribution >= 0.6 is 11.8 Å². The van der Waals surface area contributed by atoms with E-state index in [1.165, 1.54) is 0 Å². The first-order valence-corrected chi connectivity index (χ1v) is 2.29. The summed E-state index contributed by atoms with van der Waals surface area (Å²) in [5.74, 6) is 0. The molecule has 0 aliphatic carbocycles. The quantitative estimate of drug-likeness (QED) is 0.557. The van der Waals surface area contributed by atoms with Gasteiger partial charge in [0.05, 0.1) is 0 Å². The van der Waals surface area contributed by atoms with E-state index in [1.807, 2.05) is 0 Å². The molecule has 0 fully saturated rings. The molecule has 8 heavy (non-hydrogen) atoms. The summed E-state index contributed by atoms with van der Waals surface area (Å²) in [4.78, 5) is 1.55. The minimum absolute atomic E-state index is 0.938. The molecule has 0 saturated heterocycles. The van der Waals surface area contributed by atoms with E-state index in [2.05, 4.69) is 11.8 Å². The molecule has 1 N–H and O–H groups in total. The fourth-order valence-corrected chi connectivity index (χ4v) is 0.186. The van der Waals surface area contributed by atoms with Crippen LogP contribution in [0.1, 0.15) is 6.92 Å². The molecular formula is C3H5ClF3N. The smallest absolute Gasteiger partial charge is 0.222 e. The van der Waals surface area contributed by atoms with Crippen LogP contribution in [0.3, 0.4) is 0 Å². The monoisotopic (exact) mass is 147 g/mol. The van der Waals surface area contributed by atoms with Gasteiger partial charge in [-0.25, -0.2) is 4.84 Å². The van der Waals surface area contributed by atoms with Crippen LogP contribution < -0.4 is 4.84 Å². The summed E-state index contributed by atoms with van der Waals surface area (Å²) in [5, 5.41) is 0. The molecule has 0 amide bonds. The third-order valence-electron chi connectivity index (χ3n) is 0.655. The van der Waals surface area contributed by atoms with Gasteiger partial charge in [0.2, 0.25) is 0 Å². The lowest BCUT2D eigenvalue weighted by Gasteiger charge is -2.11. The second-order valence-corrected chi connectivity index (χ2v) is 1.59. The van der Waals surface area contributed by atoms with Crippen LogP contribution in [0.25, 0.3) is 0 Å². The van der Waals surface area contributed by atoms with Crippen LogP contribution in [0.15, 0.2) is 0 Å². The molecule has 0 radical (unpaired) electrons. The van der Waals surface area contributed by atoms with Crippen molar-refractivity contribution in [2.75, 3.05) is 0 Å². The maximum absolute atomic E-state index is 11.3. The molecule has 5 heteroatoms. The fourth-order valence-electron chi connectivity index (χ4n) is 0.0619. The van der Waals surface area contributed by atoms with E-state index >= 15 is 0 Å². The zero-order valence-corrected chi connectivity index (χ0v) is 4.85. The Morgan fingerprint density at radius 3 is 1.88 bits per heavy atom. The van der Waals surface area contributed by atoms with Gasteiger partial charge in [0.25, 0.3) is 0 Å². The van der Waals surface area contributed by atoms with Gasteiger partial charge in [0, 0.05) is 0 Å². The molecule has 1 atom stereocenters. The maximum Gasteiger partial charge on any atom is 0.404 e. The van der Waals surface area contributed by atoms with Crippen LogP contribution in [0.4, 0.5) is 13.2 Å². The van der Waals surface area contributed by atoms with Crippen molar-refractivity contribution < 1.29 is 13.2 Å². The van der Waals surface area contributed by atoms with Crippen molar-refractivity contribution in [3.05, 3.63) is 0 Å². The Bertz CT molecular complexity index is 71.4. The van der Waals surface area contributed by atoms with Gasteiger partial charge in [0.15, 0.2) is 0 Å². The van der Waals surface area contributed by atoms with E-state index in [4.69, 9.17) is 0 Å². The van der Waals surface area contributed by atoms with Gasteiger partial charge in [-0.1, -0.05) is 0 Å². The Balaban J connectivity index is 3.62. The molecular weight excluding hydrogens is 142 g/mol. The van der Waals surface area contributed by atoms with Gasteiger partial charge in [0.1, 0.15) is 6.04 Å². The average Bonchev–Trinajstić information content (AvgIpc) is 1.62. The zero-order chi connectivity index (χ0) is 6.78. The highest BCUT2D eigenvalue weighted by atomic mass is 35.5. The summed E-state index contributed by atoms with van der Waals surface area (Å²) in [6, 6.07) is -1.64. The van der Waals surface area contributed by atoms with Crippen molar-refractivity contribution >= 4 is 11.8 Å². The van der Waals surface area contributed by atoms with Crippen molar-refractivity contribution in [3.8, 4) is 0 Å². The van der Waals surface area contributed by atoms with Gasteiger partial charge in [-0.15, -0.1) is 0 Å². The Kier molecular flexibility index (Phi) is 2.56. The molecule has 0 aromatic rings. The minimum Gasteiger partial charge on any atom is -0.222 e. The Labute approximate surface area is 49.9 Å². The summed E-state index contributed by atoms with van der Waals surface area (Å²) >= 11 is 4.67. The first-order chi connectivity index (χ1) is 3.48. The molecule has 0 aliphatic rings. The van der Waals surface area contributed by atoms with Crippen LogP contribution in [-0.2, 0) is 0 Å². The first-order valence-electron chi connectivity index (χ1n) is 1.91. The van der Waals surface area contributed by atoms with Gasteiger partial charge < -0.3 is 0 Å². The number of nitrogens with one attached hydrogen (secondary N) is 1. The van der Waals surface area contributed by atoms with E-state index in [1.54, 1.807) is 4.84 Å². The fraction of sp³-hybridized carbons (Fsp3) is 1.00. The van der Waals surface area contributed by atoms with E-state index in [9.17, 15) is 13.2 Å². The Morgan fingerprint density at radius 2 is 1.88 bits per heavy atom. The van der Waals surface area contributed by atoms with E-state index in [0.29, 0.717) is 0 Å². The number of halogens is 4.